The number of rotatable bonds is 10. The van der Waals surface area contributed by atoms with Gasteiger partial charge in [-0.25, -0.2) is 13.2 Å². The molecule has 4 rings (SSSR count). The van der Waals surface area contributed by atoms with Gasteiger partial charge < -0.3 is 0 Å². The molecule has 0 unspecified atom stereocenters. The zero-order chi connectivity index (χ0) is 25.5. The van der Waals surface area contributed by atoms with Crippen molar-refractivity contribution in [1.29, 1.82) is 0 Å². The fraction of sp³-hybridized carbons (Fsp3) is 0.394. The molecule has 0 spiro atoms. The van der Waals surface area contributed by atoms with Crippen molar-refractivity contribution in [3.05, 3.63) is 95.9 Å². The summed E-state index contributed by atoms with van der Waals surface area (Å²) < 4.78 is 44.9. The predicted octanol–water partition coefficient (Wildman–Crippen LogP) is 10.1. The van der Waals surface area contributed by atoms with Gasteiger partial charge in [-0.1, -0.05) is 80.3 Å². The molecule has 190 valence electrons. The highest BCUT2D eigenvalue weighted by atomic mass is 19.2. The molecule has 3 aromatic carbocycles. The molecule has 0 heterocycles. The molecule has 1 saturated carbocycles. The van der Waals surface area contributed by atoms with Crippen molar-refractivity contribution >= 4 is 10.8 Å². The largest absolute Gasteiger partial charge is 0.206 e. The Balaban J connectivity index is 1.41. The van der Waals surface area contributed by atoms with Gasteiger partial charge in [0.2, 0.25) is 0 Å². The van der Waals surface area contributed by atoms with E-state index < -0.39 is 17.5 Å². The topological polar surface area (TPSA) is 0 Å². The predicted molar refractivity (Wildman–Crippen MR) is 146 cm³/mol. The first-order valence-corrected chi connectivity index (χ1v) is 13.4. The summed E-state index contributed by atoms with van der Waals surface area (Å²) in [6.07, 6.45) is 17.1. The van der Waals surface area contributed by atoms with Crippen LogP contribution in [0.1, 0.15) is 69.4 Å². The first-order chi connectivity index (χ1) is 17.5. The van der Waals surface area contributed by atoms with E-state index in [-0.39, 0.29) is 10.9 Å². The SMILES string of the molecule is C=CCCc1ccc2cc(-c3ccc(CCC4CCC(CC/C=C/C)CC4)cc3)c(F)c(F)c2c1F. The highest BCUT2D eigenvalue weighted by Crippen LogP contribution is 2.35. The molecule has 0 bridgehead atoms. The summed E-state index contributed by atoms with van der Waals surface area (Å²) in [4.78, 5) is 0. The maximum Gasteiger partial charge on any atom is 0.170 e. The molecule has 0 amide bonds. The van der Waals surface area contributed by atoms with Gasteiger partial charge in [-0.15, -0.1) is 6.58 Å². The number of fused-ring (bicyclic) bond motifs is 1. The van der Waals surface area contributed by atoms with Crippen LogP contribution in [0, 0.1) is 29.3 Å². The van der Waals surface area contributed by atoms with Gasteiger partial charge in [0.25, 0.3) is 0 Å². The highest BCUT2D eigenvalue weighted by Gasteiger charge is 2.21. The smallest absolute Gasteiger partial charge is 0.170 e. The molecule has 0 N–H and O–H groups in total. The van der Waals surface area contributed by atoms with Gasteiger partial charge in [0.1, 0.15) is 5.82 Å². The molecule has 36 heavy (non-hydrogen) atoms. The van der Waals surface area contributed by atoms with Gasteiger partial charge >= 0.3 is 0 Å². The molecule has 1 aliphatic carbocycles. The Labute approximate surface area is 213 Å². The number of halogens is 3. The van der Waals surface area contributed by atoms with Crippen LogP contribution >= 0.6 is 0 Å². The number of benzene rings is 3. The van der Waals surface area contributed by atoms with E-state index in [4.69, 9.17) is 0 Å². The first kappa shape index (κ1) is 26.3. The molecule has 0 aliphatic heterocycles. The van der Waals surface area contributed by atoms with Gasteiger partial charge in [-0.2, -0.15) is 0 Å². The molecule has 0 nitrogen and oxygen atoms in total. The lowest BCUT2D eigenvalue weighted by atomic mass is 9.78. The van der Waals surface area contributed by atoms with E-state index in [1.54, 1.807) is 24.3 Å². The Morgan fingerprint density at radius 1 is 0.806 bits per heavy atom. The van der Waals surface area contributed by atoms with Crippen LogP contribution in [-0.2, 0) is 12.8 Å². The monoisotopic (exact) mass is 490 g/mol. The molecule has 0 atom stereocenters. The minimum absolute atomic E-state index is 0.168. The lowest BCUT2D eigenvalue weighted by Crippen LogP contribution is -2.15. The molecule has 0 saturated heterocycles. The van der Waals surface area contributed by atoms with Crippen molar-refractivity contribution < 1.29 is 13.2 Å². The average molecular weight is 491 g/mol. The fourth-order valence-corrected chi connectivity index (χ4v) is 5.61. The Morgan fingerprint density at radius 2 is 1.50 bits per heavy atom. The number of aryl methyl sites for hydroxylation is 2. The van der Waals surface area contributed by atoms with Crippen LogP contribution in [0.5, 0.6) is 0 Å². The summed E-state index contributed by atoms with van der Waals surface area (Å²) in [6, 6.07) is 12.6. The molecular weight excluding hydrogens is 453 g/mol. The standard InChI is InChI=1S/C33H37F3/c1-3-5-7-8-23-10-12-24(13-11-23)14-15-25-16-18-26(19-17-25)29-22-28-21-20-27(9-6-4-2)31(34)30(28)33(36)32(29)35/h3-5,16-24H,2,6-15H2,1H3/b5-3+. The summed E-state index contributed by atoms with van der Waals surface area (Å²) in [7, 11) is 0. The summed E-state index contributed by atoms with van der Waals surface area (Å²) in [5.41, 5.74) is 2.37. The molecule has 0 radical (unpaired) electrons. The lowest BCUT2D eigenvalue weighted by Gasteiger charge is -2.28. The Hall–Kier alpha value is -2.81. The summed E-state index contributed by atoms with van der Waals surface area (Å²) in [6.45, 7) is 5.73. The summed E-state index contributed by atoms with van der Waals surface area (Å²) in [5.74, 6) is -1.14. The second-order valence-corrected chi connectivity index (χ2v) is 10.3. The Kier molecular flexibility index (Phi) is 9.07. The van der Waals surface area contributed by atoms with Crippen LogP contribution in [0.25, 0.3) is 21.9 Å². The number of allylic oxidation sites excluding steroid dienone is 3. The minimum atomic E-state index is -1.12. The Bertz CT molecular complexity index is 1200. The Morgan fingerprint density at radius 3 is 2.17 bits per heavy atom. The van der Waals surface area contributed by atoms with Crippen molar-refractivity contribution in [2.75, 3.05) is 0 Å². The van der Waals surface area contributed by atoms with E-state index in [2.05, 4.69) is 25.7 Å². The van der Waals surface area contributed by atoms with Crippen LogP contribution in [0.15, 0.2) is 67.3 Å². The van der Waals surface area contributed by atoms with Crippen molar-refractivity contribution in [2.45, 2.75) is 71.1 Å². The van der Waals surface area contributed by atoms with E-state index in [9.17, 15) is 8.78 Å². The van der Waals surface area contributed by atoms with Gasteiger partial charge in [0, 0.05) is 5.56 Å². The van der Waals surface area contributed by atoms with Crippen molar-refractivity contribution in [2.24, 2.45) is 11.8 Å². The van der Waals surface area contributed by atoms with Gasteiger partial charge in [0.15, 0.2) is 11.6 Å². The number of hydrogen-bond donors (Lipinski definition) is 0. The number of hydrogen-bond acceptors (Lipinski definition) is 0. The maximum absolute atomic E-state index is 15.0. The second kappa shape index (κ2) is 12.4. The van der Waals surface area contributed by atoms with E-state index in [0.717, 1.165) is 18.3 Å². The zero-order valence-corrected chi connectivity index (χ0v) is 21.3. The van der Waals surface area contributed by atoms with E-state index in [1.165, 1.54) is 50.5 Å². The van der Waals surface area contributed by atoms with Crippen molar-refractivity contribution in [1.82, 2.24) is 0 Å². The fourth-order valence-electron chi connectivity index (χ4n) is 5.61. The normalized spacial score (nSPS) is 18.2. The van der Waals surface area contributed by atoms with Gasteiger partial charge in [-0.05, 0) is 85.4 Å². The molecular formula is C33H37F3. The third-order valence-corrected chi connectivity index (χ3v) is 7.87. The van der Waals surface area contributed by atoms with Crippen LogP contribution < -0.4 is 0 Å². The van der Waals surface area contributed by atoms with Crippen molar-refractivity contribution in [3.8, 4) is 11.1 Å². The third kappa shape index (κ3) is 6.11. The maximum atomic E-state index is 15.0. The molecule has 3 heteroatoms. The van der Waals surface area contributed by atoms with Crippen LogP contribution in [0.2, 0.25) is 0 Å². The zero-order valence-electron chi connectivity index (χ0n) is 21.3. The van der Waals surface area contributed by atoms with Crippen LogP contribution in [-0.4, -0.2) is 0 Å². The highest BCUT2D eigenvalue weighted by molar-refractivity contribution is 5.89. The van der Waals surface area contributed by atoms with Crippen LogP contribution in [0.3, 0.4) is 0 Å². The van der Waals surface area contributed by atoms with E-state index in [0.29, 0.717) is 29.4 Å². The molecule has 3 aromatic rings. The summed E-state index contributed by atoms with van der Waals surface area (Å²) >= 11 is 0. The minimum Gasteiger partial charge on any atom is -0.206 e. The van der Waals surface area contributed by atoms with Gasteiger partial charge in [0.05, 0.1) is 5.39 Å². The third-order valence-electron chi connectivity index (χ3n) is 7.87. The molecule has 1 fully saturated rings. The van der Waals surface area contributed by atoms with E-state index in [1.807, 2.05) is 24.3 Å². The summed E-state index contributed by atoms with van der Waals surface area (Å²) in [5, 5.41) is 0.0973. The quantitative estimate of drug-likeness (QED) is 0.248. The lowest BCUT2D eigenvalue weighted by molar-refractivity contribution is 0.254. The van der Waals surface area contributed by atoms with Crippen molar-refractivity contribution in [3.63, 3.8) is 0 Å². The van der Waals surface area contributed by atoms with Crippen LogP contribution in [0.4, 0.5) is 13.2 Å². The first-order valence-electron chi connectivity index (χ1n) is 13.4. The van der Waals surface area contributed by atoms with E-state index >= 15 is 4.39 Å². The second-order valence-electron chi connectivity index (χ2n) is 10.3. The molecule has 1 aliphatic rings. The molecule has 0 aromatic heterocycles. The average Bonchev–Trinajstić information content (AvgIpc) is 2.90. The van der Waals surface area contributed by atoms with Gasteiger partial charge in [-0.3, -0.25) is 0 Å².